The number of alkyl halides is 3. The Kier molecular flexibility index (Phi) is 4.90. The third-order valence-electron chi connectivity index (χ3n) is 3.21. The number of hydrogen-bond donors (Lipinski definition) is 0. The van der Waals surface area contributed by atoms with Gasteiger partial charge in [0.15, 0.2) is 0 Å². The average molecular weight is 339 g/mol. The van der Waals surface area contributed by atoms with Crippen molar-refractivity contribution in [1.29, 1.82) is 0 Å². The number of aryl methyl sites for hydroxylation is 1. The maximum atomic E-state index is 12.1. The summed E-state index contributed by atoms with van der Waals surface area (Å²) >= 11 is 0. The predicted molar refractivity (Wildman–Crippen MR) is 71.8 cm³/mol. The van der Waals surface area contributed by atoms with Crippen molar-refractivity contribution in [1.82, 2.24) is 14.5 Å². The first-order valence-corrected chi connectivity index (χ1v) is 8.28. The standard InChI is InChI=1S/C12H16F3N3O3S/c1-9-2-3-11(17-16-9)21-10-4-6-18(8-10)22(19,20)7-5-12(13,14)15/h2-3,10H,4-8H2,1H3. The zero-order valence-electron chi connectivity index (χ0n) is 11.9. The summed E-state index contributed by atoms with van der Waals surface area (Å²) in [5, 5.41) is 7.62. The quantitative estimate of drug-likeness (QED) is 0.813. The van der Waals surface area contributed by atoms with Crippen molar-refractivity contribution < 1.29 is 26.3 Å². The lowest BCUT2D eigenvalue weighted by Gasteiger charge is -2.17. The molecule has 124 valence electrons. The van der Waals surface area contributed by atoms with E-state index in [1.165, 1.54) is 0 Å². The molecule has 0 aliphatic carbocycles. The van der Waals surface area contributed by atoms with Crippen LogP contribution in [-0.4, -0.2) is 54.0 Å². The van der Waals surface area contributed by atoms with E-state index in [1.54, 1.807) is 19.1 Å². The van der Waals surface area contributed by atoms with E-state index in [0.717, 1.165) is 10.00 Å². The second-order valence-electron chi connectivity index (χ2n) is 5.08. The lowest BCUT2D eigenvalue weighted by molar-refractivity contribution is -0.130. The molecule has 0 N–H and O–H groups in total. The van der Waals surface area contributed by atoms with Crippen LogP contribution < -0.4 is 4.74 Å². The van der Waals surface area contributed by atoms with Crippen LogP contribution in [0.5, 0.6) is 5.88 Å². The van der Waals surface area contributed by atoms with E-state index in [-0.39, 0.29) is 19.0 Å². The zero-order chi connectivity index (χ0) is 16.4. The van der Waals surface area contributed by atoms with Gasteiger partial charge in [-0.25, -0.2) is 8.42 Å². The fourth-order valence-electron chi connectivity index (χ4n) is 2.04. The van der Waals surface area contributed by atoms with Crippen molar-refractivity contribution >= 4 is 10.0 Å². The molecule has 1 unspecified atom stereocenters. The number of aromatic nitrogens is 2. The molecule has 0 amide bonds. The van der Waals surface area contributed by atoms with Crippen molar-refractivity contribution in [3.63, 3.8) is 0 Å². The van der Waals surface area contributed by atoms with E-state index < -0.39 is 34.5 Å². The van der Waals surface area contributed by atoms with Crippen LogP contribution in [0.15, 0.2) is 12.1 Å². The highest BCUT2D eigenvalue weighted by Gasteiger charge is 2.36. The van der Waals surface area contributed by atoms with Gasteiger partial charge in [-0.3, -0.25) is 0 Å². The number of ether oxygens (including phenoxy) is 1. The molecule has 1 aromatic rings. The Bertz CT molecular complexity index is 604. The molecule has 0 aromatic carbocycles. The maximum absolute atomic E-state index is 12.1. The number of hydrogen-bond acceptors (Lipinski definition) is 5. The summed E-state index contributed by atoms with van der Waals surface area (Å²) < 4.78 is 66.7. The monoisotopic (exact) mass is 339 g/mol. The number of halogens is 3. The summed E-state index contributed by atoms with van der Waals surface area (Å²) in [6.45, 7) is 1.93. The summed E-state index contributed by atoms with van der Waals surface area (Å²) in [6, 6.07) is 3.32. The zero-order valence-corrected chi connectivity index (χ0v) is 12.7. The fraction of sp³-hybridized carbons (Fsp3) is 0.667. The van der Waals surface area contributed by atoms with Gasteiger partial charge < -0.3 is 4.74 Å². The lowest BCUT2D eigenvalue weighted by atomic mass is 10.3. The van der Waals surface area contributed by atoms with Crippen LogP contribution in [0.3, 0.4) is 0 Å². The molecule has 1 saturated heterocycles. The van der Waals surface area contributed by atoms with Crippen molar-refractivity contribution in [2.75, 3.05) is 18.8 Å². The Balaban J connectivity index is 1.90. The van der Waals surface area contributed by atoms with Gasteiger partial charge in [-0.2, -0.15) is 22.6 Å². The van der Waals surface area contributed by atoms with Gasteiger partial charge in [-0.05, 0) is 19.4 Å². The summed E-state index contributed by atoms with van der Waals surface area (Å²) in [6.07, 6.45) is -5.86. The molecule has 1 fully saturated rings. The Morgan fingerprint density at radius 1 is 1.36 bits per heavy atom. The maximum Gasteiger partial charge on any atom is 0.390 e. The second-order valence-corrected chi connectivity index (χ2v) is 7.17. The largest absolute Gasteiger partial charge is 0.472 e. The average Bonchev–Trinajstić information content (AvgIpc) is 2.88. The van der Waals surface area contributed by atoms with Crippen LogP contribution in [0.1, 0.15) is 18.5 Å². The summed E-state index contributed by atoms with van der Waals surface area (Å²) in [5.74, 6) is -0.668. The van der Waals surface area contributed by atoms with E-state index in [2.05, 4.69) is 10.2 Å². The minimum atomic E-state index is -4.49. The molecule has 1 aromatic heterocycles. The van der Waals surface area contributed by atoms with E-state index in [9.17, 15) is 21.6 Å². The SMILES string of the molecule is Cc1ccc(OC2CCN(S(=O)(=O)CCC(F)(F)F)C2)nn1. The minimum absolute atomic E-state index is 0.0236. The topological polar surface area (TPSA) is 72.4 Å². The highest BCUT2D eigenvalue weighted by molar-refractivity contribution is 7.89. The third kappa shape index (κ3) is 4.80. The Labute approximate surface area is 126 Å². The van der Waals surface area contributed by atoms with Crippen LogP contribution in [0.25, 0.3) is 0 Å². The molecular formula is C12H16F3N3O3S. The van der Waals surface area contributed by atoms with Crippen LogP contribution in [0, 0.1) is 6.92 Å². The molecule has 0 spiro atoms. The van der Waals surface area contributed by atoms with Gasteiger partial charge in [0.05, 0.1) is 24.4 Å². The molecule has 1 aliphatic heterocycles. The van der Waals surface area contributed by atoms with Gasteiger partial charge in [-0.1, -0.05) is 0 Å². The molecule has 0 radical (unpaired) electrons. The molecule has 2 heterocycles. The lowest BCUT2D eigenvalue weighted by Crippen LogP contribution is -2.34. The molecule has 2 rings (SSSR count). The van der Waals surface area contributed by atoms with Gasteiger partial charge in [0.1, 0.15) is 6.10 Å². The number of rotatable bonds is 5. The van der Waals surface area contributed by atoms with E-state index in [1.807, 2.05) is 0 Å². The molecule has 1 atom stereocenters. The van der Waals surface area contributed by atoms with Gasteiger partial charge in [0, 0.05) is 12.6 Å². The normalized spacial score (nSPS) is 20.3. The molecule has 10 heteroatoms. The molecule has 6 nitrogen and oxygen atoms in total. The van der Waals surface area contributed by atoms with Crippen molar-refractivity contribution in [3.8, 4) is 5.88 Å². The van der Waals surface area contributed by atoms with E-state index >= 15 is 0 Å². The molecule has 0 saturated carbocycles. The molecular weight excluding hydrogens is 323 g/mol. The first-order chi connectivity index (χ1) is 10.2. The van der Waals surface area contributed by atoms with Crippen LogP contribution in [0.4, 0.5) is 13.2 Å². The summed E-state index contributed by atoms with van der Waals surface area (Å²) in [5.41, 5.74) is 0.718. The van der Waals surface area contributed by atoms with Gasteiger partial charge in [0.25, 0.3) is 0 Å². The van der Waals surface area contributed by atoms with Gasteiger partial charge in [-0.15, -0.1) is 5.10 Å². The highest BCUT2D eigenvalue weighted by Crippen LogP contribution is 2.24. The Morgan fingerprint density at radius 2 is 2.09 bits per heavy atom. The minimum Gasteiger partial charge on any atom is -0.472 e. The number of nitrogens with zero attached hydrogens (tertiary/aromatic N) is 3. The van der Waals surface area contributed by atoms with E-state index in [0.29, 0.717) is 6.42 Å². The molecule has 0 bridgehead atoms. The predicted octanol–water partition coefficient (Wildman–Crippen LogP) is 1.52. The van der Waals surface area contributed by atoms with Crippen LogP contribution >= 0.6 is 0 Å². The Morgan fingerprint density at radius 3 is 2.68 bits per heavy atom. The number of sulfonamides is 1. The van der Waals surface area contributed by atoms with Crippen LogP contribution in [0.2, 0.25) is 0 Å². The van der Waals surface area contributed by atoms with Gasteiger partial charge >= 0.3 is 6.18 Å². The second kappa shape index (κ2) is 6.37. The van der Waals surface area contributed by atoms with Gasteiger partial charge in [0.2, 0.25) is 15.9 Å². The van der Waals surface area contributed by atoms with Crippen molar-refractivity contribution in [2.24, 2.45) is 0 Å². The fourth-order valence-corrected chi connectivity index (χ4v) is 3.57. The van der Waals surface area contributed by atoms with E-state index in [4.69, 9.17) is 4.74 Å². The first kappa shape index (κ1) is 16.9. The first-order valence-electron chi connectivity index (χ1n) is 6.67. The van der Waals surface area contributed by atoms with Crippen LogP contribution in [-0.2, 0) is 10.0 Å². The van der Waals surface area contributed by atoms with Crippen molar-refractivity contribution in [3.05, 3.63) is 17.8 Å². The highest BCUT2D eigenvalue weighted by atomic mass is 32.2. The third-order valence-corrected chi connectivity index (χ3v) is 5.04. The summed E-state index contributed by atoms with van der Waals surface area (Å²) in [4.78, 5) is 0. The summed E-state index contributed by atoms with van der Waals surface area (Å²) in [7, 11) is -3.93. The van der Waals surface area contributed by atoms with Crippen molar-refractivity contribution in [2.45, 2.75) is 32.0 Å². The molecule has 1 aliphatic rings. The Hall–Kier alpha value is -1.42. The smallest absolute Gasteiger partial charge is 0.390 e. The molecule has 22 heavy (non-hydrogen) atoms.